The second-order valence-corrected chi connectivity index (χ2v) is 9.47. The molecule has 37 heavy (non-hydrogen) atoms. The molecule has 1 aromatic carbocycles. The molecule has 1 aliphatic heterocycles. The van der Waals surface area contributed by atoms with Gasteiger partial charge in [0.05, 0.1) is 30.1 Å². The Labute approximate surface area is 210 Å². The van der Waals surface area contributed by atoms with E-state index in [1.54, 1.807) is 29.0 Å². The lowest BCUT2D eigenvalue weighted by Crippen LogP contribution is -2.37. The fourth-order valence-corrected chi connectivity index (χ4v) is 4.88. The number of rotatable bonds is 6. The molecule has 0 spiro atoms. The molecular formula is C26H24F3N7O. The van der Waals surface area contributed by atoms with E-state index in [-0.39, 0.29) is 18.5 Å². The lowest BCUT2D eigenvalue weighted by Gasteiger charge is -2.36. The topological polar surface area (TPSA) is 91.7 Å². The van der Waals surface area contributed by atoms with Crippen molar-refractivity contribution in [1.29, 1.82) is 0 Å². The average Bonchev–Trinajstić information content (AvgIpc) is 3.64. The summed E-state index contributed by atoms with van der Waals surface area (Å²) >= 11 is 0. The van der Waals surface area contributed by atoms with Gasteiger partial charge in [0.2, 0.25) is 0 Å². The highest BCUT2D eigenvalue weighted by molar-refractivity contribution is 6.02. The van der Waals surface area contributed by atoms with Crippen LogP contribution >= 0.6 is 0 Å². The minimum atomic E-state index is -2.73. The van der Waals surface area contributed by atoms with E-state index in [1.165, 1.54) is 24.7 Å². The second-order valence-electron chi connectivity index (χ2n) is 9.47. The second kappa shape index (κ2) is 9.06. The van der Waals surface area contributed by atoms with E-state index in [2.05, 4.69) is 30.2 Å². The van der Waals surface area contributed by atoms with Crippen LogP contribution in [0.4, 0.5) is 24.7 Å². The molecule has 3 aromatic heterocycles. The van der Waals surface area contributed by atoms with E-state index >= 15 is 0 Å². The Kier molecular flexibility index (Phi) is 5.69. The van der Waals surface area contributed by atoms with Gasteiger partial charge in [-0.2, -0.15) is 0 Å². The first-order chi connectivity index (χ1) is 17.9. The van der Waals surface area contributed by atoms with Crippen molar-refractivity contribution >= 4 is 17.4 Å². The molecular weight excluding hydrogens is 483 g/mol. The third kappa shape index (κ3) is 4.56. The number of hydrogen-bond donors (Lipinski definition) is 2. The molecule has 1 saturated carbocycles. The molecule has 0 bridgehead atoms. The lowest BCUT2D eigenvalue weighted by molar-refractivity contribution is -0.103. The van der Waals surface area contributed by atoms with Crippen molar-refractivity contribution in [2.75, 3.05) is 23.3 Å². The maximum Gasteiger partial charge on any atom is 0.274 e. The number of nitrogens with zero attached hydrogens (tertiary/aromatic N) is 5. The van der Waals surface area contributed by atoms with E-state index in [1.807, 2.05) is 6.07 Å². The van der Waals surface area contributed by atoms with Crippen molar-refractivity contribution < 1.29 is 18.0 Å². The Morgan fingerprint density at radius 2 is 1.76 bits per heavy atom. The van der Waals surface area contributed by atoms with Crippen LogP contribution in [0.3, 0.4) is 0 Å². The number of nitrogens with one attached hydrogen (secondary N) is 2. The zero-order chi connectivity index (χ0) is 25.6. The van der Waals surface area contributed by atoms with Gasteiger partial charge in [0.15, 0.2) is 5.82 Å². The van der Waals surface area contributed by atoms with Gasteiger partial charge >= 0.3 is 0 Å². The Morgan fingerprint density at radius 3 is 2.43 bits per heavy atom. The molecule has 0 unspecified atom stereocenters. The number of amides is 1. The Bertz CT molecular complexity index is 1420. The summed E-state index contributed by atoms with van der Waals surface area (Å²) in [6, 6.07) is 8.95. The van der Waals surface area contributed by atoms with Crippen molar-refractivity contribution in [2.24, 2.45) is 0 Å². The van der Waals surface area contributed by atoms with Crippen molar-refractivity contribution in [3.8, 4) is 22.8 Å². The van der Waals surface area contributed by atoms with Crippen molar-refractivity contribution in [3.05, 3.63) is 66.6 Å². The molecule has 0 radical (unpaired) electrons. The van der Waals surface area contributed by atoms with Gasteiger partial charge in [0.1, 0.15) is 23.0 Å². The van der Waals surface area contributed by atoms with Crippen molar-refractivity contribution in [2.45, 2.75) is 37.6 Å². The van der Waals surface area contributed by atoms with Gasteiger partial charge in [-0.1, -0.05) is 0 Å². The Hall–Kier alpha value is -4.15. The zero-order valence-corrected chi connectivity index (χ0v) is 19.8. The summed E-state index contributed by atoms with van der Waals surface area (Å²) in [7, 11) is 0. The third-order valence-electron chi connectivity index (χ3n) is 6.88. The zero-order valence-electron chi connectivity index (χ0n) is 19.8. The standard InChI is InChI=1S/C26H24F3N7O/c27-17-5-3-16(4-6-17)22-23(36(15-32-22)19-11-26(28,29)12-19)24-31-14-20(33-24)25(37)34-21-8-7-18(13-30-21)35-9-1-2-10-35/h3-8,13-15,19H,1-2,9-12H2,(H,31,33)(H,30,34,37). The third-order valence-corrected chi connectivity index (χ3v) is 6.88. The van der Waals surface area contributed by atoms with Crippen LogP contribution in [0.15, 0.2) is 55.1 Å². The lowest BCUT2D eigenvalue weighted by atomic mass is 9.87. The van der Waals surface area contributed by atoms with Gasteiger partial charge in [0.25, 0.3) is 11.8 Å². The molecule has 4 aromatic rings. The number of carbonyl (C=O) groups excluding carboxylic acids is 1. The van der Waals surface area contributed by atoms with Gasteiger partial charge < -0.3 is 19.8 Å². The maximum absolute atomic E-state index is 13.7. The highest BCUT2D eigenvalue weighted by Crippen LogP contribution is 2.47. The number of halogens is 3. The van der Waals surface area contributed by atoms with Crippen LogP contribution in [-0.4, -0.2) is 49.4 Å². The average molecular weight is 508 g/mol. The summed E-state index contributed by atoms with van der Waals surface area (Å²) in [4.78, 5) is 31.3. The summed E-state index contributed by atoms with van der Waals surface area (Å²) < 4.78 is 42.5. The quantitative estimate of drug-likeness (QED) is 0.370. The molecule has 11 heteroatoms. The summed E-state index contributed by atoms with van der Waals surface area (Å²) in [5.74, 6) is -2.87. The van der Waals surface area contributed by atoms with Crippen molar-refractivity contribution in [1.82, 2.24) is 24.5 Å². The van der Waals surface area contributed by atoms with E-state index in [4.69, 9.17) is 0 Å². The van der Waals surface area contributed by atoms with E-state index in [0.29, 0.717) is 28.6 Å². The highest BCUT2D eigenvalue weighted by Gasteiger charge is 2.47. The van der Waals surface area contributed by atoms with Gasteiger partial charge in [0, 0.05) is 37.5 Å². The SMILES string of the molecule is O=C(Nc1ccc(N2CCCC2)cn1)c1cnc(-c2c(-c3ccc(F)cc3)ncn2C2CC(F)(F)C2)[nH]1. The molecule has 1 aliphatic carbocycles. The highest BCUT2D eigenvalue weighted by atomic mass is 19.3. The van der Waals surface area contributed by atoms with Crippen LogP contribution in [0.2, 0.25) is 0 Å². The number of anilines is 2. The summed E-state index contributed by atoms with van der Waals surface area (Å²) in [5.41, 5.74) is 2.71. The number of benzene rings is 1. The summed E-state index contributed by atoms with van der Waals surface area (Å²) in [6.07, 6.45) is 6.30. The van der Waals surface area contributed by atoms with Crippen LogP contribution in [0, 0.1) is 5.82 Å². The number of H-pyrrole nitrogens is 1. The normalized spacial score (nSPS) is 17.1. The molecule has 2 fully saturated rings. The predicted molar refractivity (Wildman–Crippen MR) is 132 cm³/mol. The predicted octanol–water partition coefficient (Wildman–Crippen LogP) is 5.30. The number of carbonyl (C=O) groups is 1. The van der Waals surface area contributed by atoms with E-state index in [9.17, 15) is 18.0 Å². The minimum absolute atomic E-state index is 0.178. The first-order valence-corrected chi connectivity index (χ1v) is 12.1. The fraction of sp³-hybridized carbons (Fsp3) is 0.308. The van der Waals surface area contributed by atoms with Crippen LogP contribution in [0.1, 0.15) is 42.2 Å². The Morgan fingerprint density at radius 1 is 1.00 bits per heavy atom. The molecule has 1 saturated heterocycles. The smallest absolute Gasteiger partial charge is 0.274 e. The fourth-order valence-electron chi connectivity index (χ4n) is 4.88. The number of alkyl halides is 2. The summed E-state index contributed by atoms with van der Waals surface area (Å²) in [5, 5.41) is 2.75. The molecule has 2 N–H and O–H groups in total. The number of aromatic nitrogens is 5. The molecule has 8 nitrogen and oxygen atoms in total. The Balaban J connectivity index is 1.26. The number of imidazole rings is 2. The number of aromatic amines is 1. The summed E-state index contributed by atoms with van der Waals surface area (Å²) in [6.45, 7) is 2.00. The van der Waals surface area contributed by atoms with Gasteiger partial charge in [-0.25, -0.2) is 28.1 Å². The maximum atomic E-state index is 13.7. The molecule has 190 valence electrons. The van der Waals surface area contributed by atoms with Crippen LogP contribution in [0.5, 0.6) is 0 Å². The van der Waals surface area contributed by atoms with Gasteiger partial charge in [-0.05, 0) is 49.2 Å². The van der Waals surface area contributed by atoms with Crippen LogP contribution < -0.4 is 10.2 Å². The first kappa shape index (κ1) is 23.3. The van der Waals surface area contributed by atoms with Crippen molar-refractivity contribution in [3.63, 3.8) is 0 Å². The van der Waals surface area contributed by atoms with E-state index in [0.717, 1.165) is 31.6 Å². The van der Waals surface area contributed by atoms with Gasteiger partial charge in [-0.3, -0.25) is 4.79 Å². The van der Waals surface area contributed by atoms with Gasteiger partial charge in [-0.15, -0.1) is 0 Å². The van der Waals surface area contributed by atoms with Crippen LogP contribution in [-0.2, 0) is 0 Å². The number of pyridine rings is 1. The first-order valence-electron chi connectivity index (χ1n) is 12.1. The van der Waals surface area contributed by atoms with Crippen LogP contribution in [0.25, 0.3) is 22.8 Å². The van der Waals surface area contributed by atoms with E-state index < -0.39 is 23.7 Å². The molecule has 1 amide bonds. The molecule has 2 aliphatic rings. The largest absolute Gasteiger partial charge is 0.370 e. The molecule has 4 heterocycles. The molecule has 0 atom stereocenters. The minimum Gasteiger partial charge on any atom is -0.370 e. The monoisotopic (exact) mass is 507 g/mol. The number of hydrogen-bond acceptors (Lipinski definition) is 5. The molecule has 6 rings (SSSR count).